The van der Waals surface area contributed by atoms with E-state index in [2.05, 4.69) is 11.5 Å². The summed E-state index contributed by atoms with van der Waals surface area (Å²) in [4.78, 5) is 17.5. The van der Waals surface area contributed by atoms with Crippen molar-refractivity contribution >= 4 is 5.91 Å². The van der Waals surface area contributed by atoms with E-state index in [9.17, 15) is 4.79 Å². The molecule has 3 rings (SSSR count). The van der Waals surface area contributed by atoms with Gasteiger partial charge in [0.2, 0.25) is 0 Å². The van der Waals surface area contributed by atoms with E-state index in [0.717, 1.165) is 50.3 Å². The van der Waals surface area contributed by atoms with E-state index in [-0.39, 0.29) is 17.6 Å². The van der Waals surface area contributed by atoms with Crippen molar-refractivity contribution in [1.82, 2.24) is 9.80 Å². The predicted molar refractivity (Wildman–Crippen MR) is 101 cm³/mol. The maximum Gasteiger partial charge on any atom is 0.253 e. The molecule has 25 heavy (non-hydrogen) atoms. The number of likely N-dealkylation sites (tertiary alicyclic amines) is 2. The van der Waals surface area contributed by atoms with Crippen LogP contribution in [0.2, 0.25) is 0 Å². The summed E-state index contributed by atoms with van der Waals surface area (Å²) in [5.74, 6) is 0.889. The van der Waals surface area contributed by atoms with E-state index in [1.807, 2.05) is 49.1 Å². The third kappa shape index (κ3) is 3.90. The molecule has 2 heterocycles. The van der Waals surface area contributed by atoms with Gasteiger partial charge in [-0.05, 0) is 64.3 Å². The van der Waals surface area contributed by atoms with Crippen LogP contribution in [0.5, 0.6) is 5.75 Å². The Hall–Kier alpha value is -1.81. The number of nitrogens with zero attached hydrogens (tertiary/aromatic N) is 2. The molecule has 0 aromatic heterocycles. The second-order valence-electron chi connectivity index (χ2n) is 7.55. The van der Waals surface area contributed by atoms with Crippen LogP contribution in [-0.2, 0) is 0 Å². The monoisotopic (exact) mass is 342 g/mol. The molecule has 0 N–H and O–H groups in total. The maximum absolute atomic E-state index is 12.9. The van der Waals surface area contributed by atoms with Crippen molar-refractivity contribution in [1.29, 1.82) is 0 Å². The molecule has 0 radical (unpaired) electrons. The molecule has 136 valence electrons. The van der Waals surface area contributed by atoms with Gasteiger partial charge in [0.15, 0.2) is 0 Å². The summed E-state index contributed by atoms with van der Waals surface area (Å²) < 4.78 is 5.72. The average molecular weight is 342 g/mol. The number of amides is 1. The number of carbonyl (C=O) groups excluding carboxylic acids is 1. The van der Waals surface area contributed by atoms with E-state index in [4.69, 9.17) is 4.74 Å². The number of piperidine rings is 1. The molecule has 2 fully saturated rings. The minimum Gasteiger partial charge on any atom is -0.491 e. The van der Waals surface area contributed by atoms with Crippen LogP contribution in [0.15, 0.2) is 36.9 Å². The summed E-state index contributed by atoms with van der Waals surface area (Å²) >= 11 is 0. The van der Waals surface area contributed by atoms with Crippen molar-refractivity contribution in [2.75, 3.05) is 26.2 Å². The second kappa shape index (κ2) is 7.61. The molecule has 1 aromatic carbocycles. The summed E-state index contributed by atoms with van der Waals surface area (Å²) in [6.07, 6.45) is 6.75. The minimum absolute atomic E-state index is 0.110. The largest absolute Gasteiger partial charge is 0.491 e. The Labute approximate surface area is 151 Å². The Morgan fingerprint density at radius 3 is 2.72 bits per heavy atom. The van der Waals surface area contributed by atoms with Crippen molar-refractivity contribution in [2.45, 2.75) is 51.2 Å². The number of hydrogen-bond acceptors (Lipinski definition) is 3. The van der Waals surface area contributed by atoms with Gasteiger partial charge < -0.3 is 9.64 Å². The average Bonchev–Trinajstić information content (AvgIpc) is 2.97. The number of hydrogen-bond donors (Lipinski definition) is 0. The molecule has 0 atom stereocenters. The van der Waals surface area contributed by atoms with Crippen molar-refractivity contribution in [2.24, 2.45) is 0 Å². The first-order chi connectivity index (χ1) is 12.0. The van der Waals surface area contributed by atoms with Gasteiger partial charge in [-0.15, -0.1) is 6.58 Å². The molecule has 0 bridgehead atoms. The zero-order valence-corrected chi connectivity index (χ0v) is 15.5. The quantitative estimate of drug-likeness (QED) is 0.765. The van der Waals surface area contributed by atoms with E-state index in [1.54, 1.807) is 0 Å². The predicted octanol–water partition coefficient (Wildman–Crippen LogP) is 3.73. The maximum atomic E-state index is 12.9. The lowest BCUT2D eigenvalue weighted by atomic mass is 9.84. The first-order valence-corrected chi connectivity index (χ1v) is 9.46. The van der Waals surface area contributed by atoms with E-state index in [1.165, 1.54) is 12.8 Å². The molecule has 4 heteroatoms. The van der Waals surface area contributed by atoms with E-state index in [0.29, 0.717) is 0 Å². The summed E-state index contributed by atoms with van der Waals surface area (Å²) in [7, 11) is 0. The Bertz CT molecular complexity index is 618. The van der Waals surface area contributed by atoms with E-state index < -0.39 is 0 Å². The Kier molecular flexibility index (Phi) is 5.48. The van der Waals surface area contributed by atoms with Crippen LogP contribution < -0.4 is 4.74 Å². The van der Waals surface area contributed by atoms with Gasteiger partial charge >= 0.3 is 0 Å². The summed E-state index contributed by atoms with van der Waals surface area (Å²) in [6.45, 7) is 11.7. The Morgan fingerprint density at radius 2 is 2.04 bits per heavy atom. The van der Waals surface area contributed by atoms with Crippen molar-refractivity contribution in [3.05, 3.63) is 42.5 Å². The van der Waals surface area contributed by atoms with Crippen LogP contribution in [0.4, 0.5) is 0 Å². The van der Waals surface area contributed by atoms with Crippen LogP contribution in [0, 0.1) is 0 Å². The highest BCUT2D eigenvalue weighted by molar-refractivity contribution is 5.94. The third-order valence-electron chi connectivity index (χ3n) is 5.52. The van der Waals surface area contributed by atoms with Gasteiger partial charge in [0.05, 0.1) is 6.10 Å². The molecule has 4 nitrogen and oxygen atoms in total. The number of ether oxygens (including phenoxy) is 1. The van der Waals surface area contributed by atoms with Gasteiger partial charge in [-0.3, -0.25) is 9.69 Å². The molecule has 0 aliphatic carbocycles. The zero-order chi connectivity index (χ0) is 17.9. The van der Waals surface area contributed by atoms with Gasteiger partial charge in [0.1, 0.15) is 5.75 Å². The summed E-state index contributed by atoms with van der Waals surface area (Å²) in [5.41, 5.74) is 1.01. The SMILES string of the molecule is C=CCN1CCCC12CCN(C(=O)c1cccc(OC(C)C)c1)CC2. The minimum atomic E-state index is 0.110. The molecular formula is C21H30N2O2. The van der Waals surface area contributed by atoms with E-state index >= 15 is 0 Å². The van der Waals surface area contributed by atoms with Crippen molar-refractivity contribution in [3.63, 3.8) is 0 Å². The zero-order valence-electron chi connectivity index (χ0n) is 15.5. The first kappa shape index (κ1) is 18.0. The Balaban J connectivity index is 1.65. The molecule has 2 aliphatic heterocycles. The fraction of sp³-hybridized carbons (Fsp3) is 0.571. The van der Waals surface area contributed by atoms with Gasteiger partial charge in [-0.1, -0.05) is 12.1 Å². The lowest BCUT2D eigenvalue weighted by Gasteiger charge is -2.45. The normalized spacial score (nSPS) is 20.2. The van der Waals surface area contributed by atoms with Crippen LogP contribution in [-0.4, -0.2) is 53.5 Å². The van der Waals surface area contributed by atoms with Crippen LogP contribution in [0.25, 0.3) is 0 Å². The highest BCUT2D eigenvalue weighted by Gasteiger charge is 2.43. The van der Waals surface area contributed by atoms with Crippen LogP contribution in [0.3, 0.4) is 0 Å². The summed E-state index contributed by atoms with van der Waals surface area (Å²) in [5, 5.41) is 0. The van der Waals surface area contributed by atoms with Crippen LogP contribution >= 0.6 is 0 Å². The van der Waals surface area contributed by atoms with Gasteiger partial charge in [0, 0.05) is 30.7 Å². The first-order valence-electron chi connectivity index (χ1n) is 9.46. The topological polar surface area (TPSA) is 32.8 Å². The lowest BCUT2D eigenvalue weighted by molar-refractivity contribution is 0.0451. The highest BCUT2D eigenvalue weighted by Crippen LogP contribution is 2.38. The summed E-state index contributed by atoms with van der Waals surface area (Å²) in [6, 6.07) is 7.57. The highest BCUT2D eigenvalue weighted by atomic mass is 16.5. The standard InChI is InChI=1S/C21H30N2O2/c1-4-12-23-13-6-9-21(23)10-14-22(15-11-21)20(24)18-7-5-8-19(16-18)25-17(2)3/h4-5,7-8,16-17H,1,6,9-15H2,2-3H3. The molecule has 2 saturated heterocycles. The van der Waals surface area contributed by atoms with Crippen molar-refractivity contribution in [3.8, 4) is 5.75 Å². The number of rotatable bonds is 5. The Morgan fingerprint density at radius 1 is 1.28 bits per heavy atom. The smallest absolute Gasteiger partial charge is 0.253 e. The fourth-order valence-corrected chi connectivity index (χ4v) is 4.28. The molecule has 0 unspecified atom stereocenters. The number of benzene rings is 1. The molecular weight excluding hydrogens is 312 g/mol. The lowest BCUT2D eigenvalue weighted by Crippen LogP contribution is -2.53. The van der Waals surface area contributed by atoms with Crippen LogP contribution in [0.1, 0.15) is 49.9 Å². The third-order valence-corrected chi connectivity index (χ3v) is 5.52. The van der Waals surface area contributed by atoms with Gasteiger partial charge in [-0.2, -0.15) is 0 Å². The molecule has 0 saturated carbocycles. The van der Waals surface area contributed by atoms with Gasteiger partial charge in [0.25, 0.3) is 5.91 Å². The number of carbonyl (C=O) groups is 1. The molecule has 1 spiro atoms. The molecule has 1 amide bonds. The fourth-order valence-electron chi connectivity index (χ4n) is 4.28. The van der Waals surface area contributed by atoms with Gasteiger partial charge in [-0.25, -0.2) is 0 Å². The molecule has 1 aromatic rings. The molecule has 2 aliphatic rings. The van der Waals surface area contributed by atoms with Crippen molar-refractivity contribution < 1.29 is 9.53 Å². The second-order valence-corrected chi connectivity index (χ2v) is 7.55.